The number of esters is 6. The van der Waals surface area contributed by atoms with Gasteiger partial charge in [-0.2, -0.15) is 0 Å². The van der Waals surface area contributed by atoms with E-state index in [1.54, 1.807) is 24.3 Å². The van der Waals surface area contributed by atoms with E-state index in [0.717, 1.165) is 0 Å². The average Bonchev–Trinajstić information content (AvgIpc) is 3.11. The summed E-state index contributed by atoms with van der Waals surface area (Å²) in [5.74, 6) is -2.67. The van der Waals surface area contributed by atoms with Crippen molar-refractivity contribution in [2.75, 3.05) is 0 Å². The summed E-state index contributed by atoms with van der Waals surface area (Å²) in [6.07, 6.45) is 1.97. The fourth-order valence-corrected chi connectivity index (χ4v) is 2.07. The van der Waals surface area contributed by atoms with E-state index in [2.05, 4.69) is 14.2 Å². The van der Waals surface area contributed by atoms with Crippen molar-refractivity contribution in [3.05, 3.63) is 35.4 Å². The van der Waals surface area contributed by atoms with Crippen LogP contribution in [0.15, 0.2) is 24.3 Å². The van der Waals surface area contributed by atoms with Gasteiger partial charge in [0, 0.05) is 12.8 Å². The first-order valence-electron chi connectivity index (χ1n) is 7.69. The van der Waals surface area contributed by atoms with Gasteiger partial charge >= 0.3 is 35.8 Å². The molecule has 1 aromatic carbocycles. The number of ether oxygens (including phenoxy) is 3. The molecule has 0 aliphatic carbocycles. The largest absolute Gasteiger partial charge is 0.393 e. The smallest absolute Gasteiger partial charge is 0.346 e. The maximum Gasteiger partial charge on any atom is 0.346 e. The highest BCUT2D eigenvalue weighted by Crippen LogP contribution is 2.18. The topological polar surface area (TPSA) is 130 Å². The number of rotatable bonds is 0. The van der Waals surface area contributed by atoms with Crippen LogP contribution >= 0.6 is 0 Å². The molecule has 0 amide bonds. The van der Waals surface area contributed by atoms with E-state index in [1.807, 2.05) is 0 Å². The average molecular weight is 362 g/mol. The number of hydrogen-bond donors (Lipinski definition) is 0. The van der Waals surface area contributed by atoms with Crippen LogP contribution in [0.25, 0.3) is 0 Å². The highest BCUT2D eigenvalue weighted by atomic mass is 16.6. The van der Waals surface area contributed by atoms with E-state index in [4.69, 9.17) is 0 Å². The first-order valence-corrected chi connectivity index (χ1v) is 7.69. The Labute approximate surface area is 147 Å². The Kier molecular flexibility index (Phi) is 6.31. The minimum Gasteiger partial charge on any atom is -0.393 e. The summed E-state index contributed by atoms with van der Waals surface area (Å²) in [5, 5.41) is 0. The molecule has 1 aromatic rings. The van der Waals surface area contributed by atoms with Crippen molar-refractivity contribution in [3.8, 4) is 0 Å². The molecule has 0 atom stereocenters. The Morgan fingerprint density at radius 3 is 1.19 bits per heavy atom. The molecule has 2 fully saturated rings. The lowest BCUT2D eigenvalue weighted by Gasteiger charge is -2.06. The lowest BCUT2D eigenvalue weighted by Crippen LogP contribution is -2.17. The van der Waals surface area contributed by atoms with Crippen LogP contribution in [0.1, 0.15) is 52.8 Å². The monoisotopic (exact) mass is 362 g/mol. The fraction of sp³-hybridized carbons (Fsp3) is 0.294. The first kappa shape index (κ1) is 19.0. The van der Waals surface area contributed by atoms with Crippen molar-refractivity contribution in [2.45, 2.75) is 32.1 Å². The molecule has 0 unspecified atom stereocenters. The molecule has 9 heteroatoms. The summed E-state index contributed by atoms with van der Waals surface area (Å²) >= 11 is 0. The van der Waals surface area contributed by atoms with Crippen LogP contribution in [0.5, 0.6) is 0 Å². The summed E-state index contributed by atoms with van der Waals surface area (Å²) in [7, 11) is 0. The molecule has 2 saturated heterocycles. The van der Waals surface area contributed by atoms with Crippen LogP contribution in [-0.2, 0) is 33.4 Å². The minimum atomic E-state index is -0.550. The number of fused-ring (bicyclic) bond motifs is 1. The zero-order chi connectivity index (χ0) is 19.1. The second-order valence-electron chi connectivity index (χ2n) is 5.27. The van der Waals surface area contributed by atoms with E-state index in [1.165, 1.54) is 0 Å². The Morgan fingerprint density at radius 1 is 0.538 bits per heavy atom. The molecule has 0 spiro atoms. The zero-order valence-corrected chi connectivity index (χ0v) is 13.5. The third-order valence-corrected chi connectivity index (χ3v) is 3.30. The molecule has 26 heavy (non-hydrogen) atoms. The van der Waals surface area contributed by atoms with Crippen molar-refractivity contribution in [1.82, 2.24) is 0 Å². The lowest BCUT2D eigenvalue weighted by atomic mass is 10.1. The third kappa shape index (κ3) is 5.33. The third-order valence-electron chi connectivity index (χ3n) is 3.30. The predicted octanol–water partition coefficient (Wildman–Crippen LogP) is 1.09. The van der Waals surface area contributed by atoms with E-state index < -0.39 is 23.9 Å². The summed E-state index contributed by atoms with van der Waals surface area (Å²) < 4.78 is 12.6. The van der Waals surface area contributed by atoms with Crippen molar-refractivity contribution in [3.63, 3.8) is 0 Å². The predicted molar refractivity (Wildman–Crippen MR) is 81.5 cm³/mol. The van der Waals surface area contributed by atoms with Crippen LogP contribution in [0.2, 0.25) is 0 Å². The zero-order valence-electron chi connectivity index (χ0n) is 13.5. The molecule has 0 radical (unpaired) electrons. The highest BCUT2D eigenvalue weighted by molar-refractivity contribution is 6.14. The molecule has 4 rings (SSSR count). The number of benzene rings is 1. The van der Waals surface area contributed by atoms with Gasteiger partial charge in [-0.25, -0.2) is 9.59 Å². The lowest BCUT2D eigenvalue weighted by molar-refractivity contribution is -0.163. The molecule has 0 aromatic heterocycles. The number of hydrogen-bond acceptors (Lipinski definition) is 9. The molecule has 0 saturated carbocycles. The Hall–Kier alpha value is -3.36. The van der Waals surface area contributed by atoms with Crippen LogP contribution in [0, 0.1) is 0 Å². The van der Waals surface area contributed by atoms with Gasteiger partial charge in [0.1, 0.15) is 0 Å². The van der Waals surface area contributed by atoms with Gasteiger partial charge in [0.25, 0.3) is 0 Å². The maximum atomic E-state index is 10.8. The quantitative estimate of drug-likeness (QED) is 0.378. The summed E-state index contributed by atoms with van der Waals surface area (Å²) in [6.45, 7) is 0. The Morgan fingerprint density at radius 2 is 0.923 bits per heavy atom. The van der Waals surface area contributed by atoms with Crippen molar-refractivity contribution >= 4 is 35.8 Å². The SMILES string of the molecule is O=C1CCC(=O)O1.O=C1CCCC(=O)O1.O=C1OC(=O)c2ccccc21. The van der Waals surface area contributed by atoms with Crippen LogP contribution in [0.3, 0.4) is 0 Å². The Balaban J connectivity index is 0.000000145. The summed E-state index contributed by atoms with van der Waals surface area (Å²) in [6, 6.07) is 6.53. The molecule has 0 bridgehead atoms. The van der Waals surface area contributed by atoms with Gasteiger partial charge in [-0.1, -0.05) is 12.1 Å². The normalized spacial score (nSPS) is 17.8. The van der Waals surface area contributed by atoms with Crippen molar-refractivity contribution < 1.29 is 43.0 Å². The number of carbonyl (C=O) groups is 6. The minimum absolute atomic E-state index is 0.263. The van der Waals surface area contributed by atoms with Gasteiger partial charge in [0.2, 0.25) is 0 Å². The summed E-state index contributed by atoms with van der Waals surface area (Å²) in [5.41, 5.74) is 0.718. The fourth-order valence-electron chi connectivity index (χ4n) is 2.07. The molecule has 3 heterocycles. The highest BCUT2D eigenvalue weighted by Gasteiger charge is 2.28. The standard InChI is InChI=1S/C8H4O3.C5H6O3.C4H4O3/c9-7-5-3-1-2-4-6(5)8(10)11-7;6-4-2-1-3-5(7)8-4;5-3-1-2-4(6)7-3/h1-4H;1-3H2;1-2H2. The van der Waals surface area contributed by atoms with Gasteiger partial charge < -0.3 is 14.2 Å². The van der Waals surface area contributed by atoms with E-state index in [9.17, 15) is 28.8 Å². The van der Waals surface area contributed by atoms with Crippen molar-refractivity contribution in [1.29, 1.82) is 0 Å². The van der Waals surface area contributed by atoms with Gasteiger partial charge in [0.15, 0.2) is 0 Å². The van der Waals surface area contributed by atoms with Crippen molar-refractivity contribution in [2.24, 2.45) is 0 Å². The first-order chi connectivity index (χ1) is 12.4. The van der Waals surface area contributed by atoms with Gasteiger partial charge in [-0.05, 0) is 18.6 Å². The molecular formula is C17H14O9. The van der Waals surface area contributed by atoms with Gasteiger partial charge in [-0.15, -0.1) is 0 Å². The molecule has 3 aliphatic rings. The number of carbonyl (C=O) groups excluding carboxylic acids is 6. The van der Waals surface area contributed by atoms with Crippen LogP contribution in [-0.4, -0.2) is 35.8 Å². The Bertz CT molecular complexity index is 717. The second kappa shape index (κ2) is 8.65. The second-order valence-corrected chi connectivity index (χ2v) is 5.27. The molecular weight excluding hydrogens is 348 g/mol. The molecule has 3 aliphatic heterocycles. The van der Waals surface area contributed by atoms with E-state index in [-0.39, 0.29) is 24.8 Å². The molecule has 136 valence electrons. The number of cyclic esters (lactones) is 6. The van der Waals surface area contributed by atoms with E-state index >= 15 is 0 Å². The summed E-state index contributed by atoms with van der Waals surface area (Å²) in [4.78, 5) is 62.1. The van der Waals surface area contributed by atoms with E-state index in [0.29, 0.717) is 30.4 Å². The van der Waals surface area contributed by atoms with Crippen LogP contribution < -0.4 is 0 Å². The van der Waals surface area contributed by atoms with Gasteiger partial charge in [-0.3, -0.25) is 19.2 Å². The van der Waals surface area contributed by atoms with Crippen LogP contribution in [0.4, 0.5) is 0 Å². The molecule has 9 nitrogen and oxygen atoms in total. The molecule has 0 N–H and O–H groups in total. The van der Waals surface area contributed by atoms with Gasteiger partial charge in [0.05, 0.1) is 24.0 Å². The maximum absolute atomic E-state index is 10.8.